The number of aromatic nitrogens is 1. The van der Waals surface area contributed by atoms with Crippen molar-refractivity contribution < 1.29 is 4.79 Å². The molecule has 2 aromatic rings. The third-order valence-electron chi connectivity index (χ3n) is 5.05. The fraction of sp³-hybridized carbons (Fsp3) is 0.500. The number of piperidine rings is 1. The monoisotopic (exact) mass is 340 g/mol. The summed E-state index contributed by atoms with van der Waals surface area (Å²) in [5.74, 6) is 0. The van der Waals surface area contributed by atoms with Crippen molar-refractivity contribution in [2.45, 2.75) is 38.8 Å². The van der Waals surface area contributed by atoms with Crippen molar-refractivity contribution in [3.63, 3.8) is 0 Å². The van der Waals surface area contributed by atoms with Crippen LogP contribution in [-0.2, 0) is 6.54 Å². The van der Waals surface area contributed by atoms with E-state index >= 15 is 0 Å². The Hall–Kier alpha value is -2.14. The molecule has 1 aromatic carbocycles. The quantitative estimate of drug-likeness (QED) is 0.909. The largest absolute Gasteiger partial charge is 0.337 e. The van der Waals surface area contributed by atoms with E-state index in [9.17, 15) is 4.79 Å². The molecule has 25 heavy (non-hydrogen) atoms. The summed E-state index contributed by atoms with van der Waals surface area (Å²) in [6, 6.07) is 10.7. The third-order valence-corrected chi connectivity index (χ3v) is 5.05. The highest BCUT2D eigenvalue weighted by molar-refractivity contribution is 5.79. The summed E-state index contributed by atoms with van der Waals surface area (Å²) in [4.78, 5) is 20.9. The lowest BCUT2D eigenvalue weighted by Gasteiger charge is -2.33. The number of urea groups is 1. The highest BCUT2D eigenvalue weighted by Crippen LogP contribution is 2.16. The van der Waals surface area contributed by atoms with Crippen molar-refractivity contribution in [3.8, 4) is 0 Å². The van der Waals surface area contributed by atoms with Gasteiger partial charge in [0.15, 0.2) is 0 Å². The zero-order valence-electron chi connectivity index (χ0n) is 15.2. The first kappa shape index (κ1) is 17.7. The molecule has 3 rings (SSSR count). The van der Waals surface area contributed by atoms with Crippen LogP contribution in [0.25, 0.3) is 10.9 Å². The number of fused-ring (bicyclic) bond motifs is 1. The molecule has 0 aliphatic carbocycles. The second-order valence-electron chi connectivity index (χ2n) is 7.00. The molecule has 1 aliphatic heterocycles. The third kappa shape index (κ3) is 4.69. The molecule has 0 radical (unpaired) electrons. The Morgan fingerprint density at radius 3 is 3.08 bits per heavy atom. The number of carbonyl (C=O) groups excluding carboxylic acids is 1. The van der Waals surface area contributed by atoms with Gasteiger partial charge in [-0.1, -0.05) is 18.6 Å². The summed E-state index contributed by atoms with van der Waals surface area (Å²) in [5.41, 5.74) is 2.09. The number of hydrogen-bond acceptors (Lipinski definition) is 3. The minimum atomic E-state index is -0.0176. The Labute approximate surface area is 150 Å². The van der Waals surface area contributed by atoms with E-state index in [2.05, 4.69) is 28.2 Å². The van der Waals surface area contributed by atoms with Gasteiger partial charge in [0, 0.05) is 44.3 Å². The van der Waals surface area contributed by atoms with Crippen LogP contribution in [0.5, 0.6) is 0 Å². The number of benzene rings is 1. The Bertz CT molecular complexity index is 718. The van der Waals surface area contributed by atoms with Crippen molar-refractivity contribution in [1.29, 1.82) is 0 Å². The van der Waals surface area contributed by atoms with Crippen molar-refractivity contribution >= 4 is 16.9 Å². The zero-order chi connectivity index (χ0) is 17.6. The second-order valence-corrected chi connectivity index (χ2v) is 7.00. The van der Waals surface area contributed by atoms with E-state index in [1.54, 1.807) is 11.1 Å². The predicted octanol–water partition coefficient (Wildman–Crippen LogP) is 3.25. The van der Waals surface area contributed by atoms with Gasteiger partial charge in [0.25, 0.3) is 0 Å². The van der Waals surface area contributed by atoms with Crippen LogP contribution in [0.1, 0.15) is 31.7 Å². The van der Waals surface area contributed by atoms with E-state index in [0.717, 1.165) is 29.6 Å². The maximum Gasteiger partial charge on any atom is 0.317 e. The Morgan fingerprint density at radius 2 is 2.24 bits per heavy atom. The van der Waals surface area contributed by atoms with Gasteiger partial charge in [-0.2, -0.15) is 0 Å². The first-order valence-electron chi connectivity index (χ1n) is 9.20. The average Bonchev–Trinajstić information content (AvgIpc) is 2.63. The predicted molar refractivity (Wildman–Crippen MR) is 101 cm³/mol. The molecule has 1 aromatic heterocycles. The molecule has 1 fully saturated rings. The summed E-state index contributed by atoms with van der Waals surface area (Å²) in [5, 5.41) is 4.15. The number of carbonyl (C=O) groups is 1. The van der Waals surface area contributed by atoms with Crippen LogP contribution in [0, 0.1) is 0 Å². The average molecular weight is 340 g/mol. The van der Waals surface area contributed by atoms with Gasteiger partial charge in [0.2, 0.25) is 0 Å². The summed E-state index contributed by atoms with van der Waals surface area (Å²) in [7, 11) is 1.84. The zero-order valence-corrected chi connectivity index (χ0v) is 15.2. The van der Waals surface area contributed by atoms with E-state index in [-0.39, 0.29) is 6.03 Å². The van der Waals surface area contributed by atoms with Gasteiger partial charge in [-0.15, -0.1) is 0 Å². The van der Waals surface area contributed by atoms with Gasteiger partial charge in [-0.05, 0) is 50.1 Å². The molecule has 2 heterocycles. The summed E-state index contributed by atoms with van der Waals surface area (Å²) in [6.07, 6.45) is 5.67. The Kier molecular flexibility index (Phi) is 5.87. The van der Waals surface area contributed by atoms with E-state index in [1.807, 2.05) is 31.3 Å². The summed E-state index contributed by atoms with van der Waals surface area (Å²) < 4.78 is 0. The van der Waals surface area contributed by atoms with E-state index in [1.165, 1.54) is 19.3 Å². The molecular weight excluding hydrogens is 312 g/mol. The minimum absolute atomic E-state index is 0.0176. The highest BCUT2D eigenvalue weighted by Gasteiger charge is 2.18. The number of hydrogen-bond donors (Lipinski definition) is 1. The molecule has 5 nitrogen and oxygen atoms in total. The molecule has 2 amide bonds. The first-order chi connectivity index (χ1) is 12.1. The van der Waals surface area contributed by atoms with E-state index < -0.39 is 0 Å². The summed E-state index contributed by atoms with van der Waals surface area (Å²) in [6.45, 7) is 5.66. The van der Waals surface area contributed by atoms with Crippen molar-refractivity contribution in [3.05, 3.63) is 42.1 Å². The first-order valence-corrected chi connectivity index (χ1v) is 9.20. The number of nitrogens with one attached hydrogen (secondary N) is 1. The van der Waals surface area contributed by atoms with E-state index in [4.69, 9.17) is 0 Å². The van der Waals surface area contributed by atoms with Gasteiger partial charge in [-0.25, -0.2) is 4.79 Å². The van der Waals surface area contributed by atoms with Crippen LogP contribution in [-0.4, -0.2) is 53.5 Å². The molecule has 1 saturated heterocycles. The smallest absolute Gasteiger partial charge is 0.317 e. The SMILES string of the molecule is C[C@@H]1CCCCN1CCNC(=O)N(C)Cc1ccc2ncccc2c1. The standard InChI is InChI=1S/C20H28N4O/c1-16-6-3-4-12-24(16)13-11-22-20(25)23(2)15-17-8-9-19-18(14-17)7-5-10-21-19/h5,7-10,14,16H,3-4,6,11-13,15H2,1-2H3,(H,22,25)/t16-/m1/s1. The molecule has 1 aliphatic rings. The van der Waals surface area contributed by atoms with Gasteiger partial charge < -0.3 is 10.2 Å². The molecule has 1 N–H and O–H groups in total. The van der Waals surface area contributed by atoms with Gasteiger partial charge >= 0.3 is 6.03 Å². The lowest BCUT2D eigenvalue weighted by molar-refractivity contribution is 0.159. The molecule has 5 heteroatoms. The van der Waals surface area contributed by atoms with Crippen molar-refractivity contribution in [2.24, 2.45) is 0 Å². The fourth-order valence-electron chi connectivity index (χ4n) is 3.50. The van der Waals surface area contributed by atoms with Crippen LogP contribution in [0.4, 0.5) is 4.79 Å². The van der Waals surface area contributed by atoms with Gasteiger partial charge in [0.1, 0.15) is 0 Å². The highest BCUT2D eigenvalue weighted by atomic mass is 16.2. The molecule has 0 bridgehead atoms. The Morgan fingerprint density at radius 1 is 1.36 bits per heavy atom. The molecule has 0 spiro atoms. The number of rotatable bonds is 5. The lowest BCUT2D eigenvalue weighted by atomic mass is 10.0. The van der Waals surface area contributed by atoms with Crippen molar-refractivity contribution in [1.82, 2.24) is 20.1 Å². The van der Waals surface area contributed by atoms with Gasteiger partial charge in [-0.3, -0.25) is 9.88 Å². The Balaban J connectivity index is 1.48. The summed E-state index contributed by atoms with van der Waals surface area (Å²) >= 11 is 0. The van der Waals surface area contributed by atoms with Crippen molar-refractivity contribution in [2.75, 3.05) is 26.7 Å². The maximum atomic E-state index is 12.3. The fourth-order valence-corrected chi connectivity index (χ4v) is 3.50. The van der Waals surface area contributed by atoms with Crippen LogP contribution in [0.3, 0.4) is 0 Å². The number of nitrogens with zero attached hydrogens (tertiary/aromatic N) is 3. The number of likely N-dealkylation sites (tertiary alicyclic amines) is 1. The van der Waals surface area contributed by atoms with Crippen LogP contribution >= 0.6 is 0 Å². The van der Waals surface area contributed by atoms with Gasteiger partial charge in [0.05, 0.1) is 5.52 Å². The minimum Gasteiger partial charge on any atom is -0.337 e. The number of amides is 2. The topological polar surface area (TPSA) is 48.5 Å². The van der Waals surface area contributed by atoms with Crippen LogP contribution < -0.4 is 5.32 Å². The molecule has 1 atom stereocenters. The molecule has 0 unspecified atom stereocenters. The van der Waals surface area contributed by atoms with Crippen LogP contribution in [0.15, 0.2) is 36.5 Å². The lowest BCUT2D eigenvalue weighted by Crippen LogP contribution is -2.44. The maximum absolute atomic E-state index is 12.3. The molecule has 0 saturated carbocycles. The van der Waals surface area contributed by atoms with Crippen LogP contribution in [0.2, 0.25) is 0 Å². The molecular formula is C20H28N4O. The van der Waals surface area contributed by atoms with E-state index in [0.29, 0.717) is 19.1 Å². The molecule has 134 valence electrons. The number of pyridine rings is 1. The second kappa shape index (κ2) is 8.30. The normalized spacial score (nSPS) is 18.2.